The van der Waals surface area contributed by atoms with Gasteiger partial charge in [-0.25, -0.2) is 0 Å². The summed E-state index contributed by atoms with van der Waals surface area (Å²) in [5, 5.41) is 9.01. The molecular formula is C14H22O4. The van der Waals surface area contributed by atoms with Gasteiger partial charge < -0.3 is 19.3 Å². The molecule has 2 heterocycles. The van der Waals surface area contributed by atoms with Crippen molar-refractivity contribution in [2.24, 2.45) is 5.92 Å². The minimum Gasteiger partial charge on any atom is -0.396 e. The van der Waals surface area contributed by atoms with E-state index in [2.05, 4.69) is 12.8 Å². The lowest BCUT2D eigenvalue weighted by Crippen LogP contribution is -2.35. The third-order valence-electron chi connectivity index (χ3n) is 3.66. The molecule has 4 heteroatoms. The molecule has 2 aliphatic heterocycles. The zero-order chi connectivity index (χ0) is 13.3. The Morgan fingerprint density at radius 3 is 2.72 bits per heavy atom. The summed E-state index contributed by atoms with van der Waals surface area (Å²) in [6.45, 7) is 6.00. The fourth-order valence-corrected chi connectivity index (χ4v) is 2.81. The van der Waals surface area contributed by atoms with Crippen molar-refractivity contribution in [3.05, 3.63) is 0 Å². The van der Waals surface area contributed by atoms with Crippen LogP contribution >= 0.6 is 0 Å². The monoisotopic (exact) mass is 254 g/mol. The first kappa shape index (κ1) is 13.8. The molecule has 0 radical (unpaired) electrons. The molecule has 0 aliphatic carbocycles. The van der Waals surface area contributed by atoms with Crippen LogP contribution in [0.15, 0.2) is 0 Å². The Bertz CT molecular complexity index is 333. The zero-order valence-electron chi connectivity index (χ0n) is 11.3. The Morgan fingerprint density at radius 1 is 1.39 bits per heavy atom. The van der Waals surface area contributed by atoms with Crippen LogP contribution in [0.5, 0.6) is 0 Å². The number of hydrogen-bond donors (Lipinski definition) is 1. The molecule has 4 nitrogen and oxygen atoms in total. The van der Waals surface area contributed by atoms with Crippen LogP contribution in [0.2, 0.25) is 0 Å². The van der Waals surface area contributed by atoms with Gasteiger partial charge in [-0.15, -0.1) is 6.42 Å². The summed E-state index contributed by atoms with van der Waals surface area (Å²) in [7, 11) is 0. The molecule has 5 atom stereocenters. The molecule has 2 saturated heterocycles. The van der Waals surface area contributed by atoms with Crippen molar-refractivity contribution >= 4 is 0 Å². The zero-order valence-corrected chi connectivity index (χ0v) is 11.3. The molecule has 0 aromatic carbocycles. The highest BCUT2D eigenvalue weighted by Crippen LogP contribution is 2.37. The van der Waals surface area contributed by atoms with Crippen molar-refractivity contribution in [1.82, 2.24) is 0 Å². The average molecular weight is 254 g/mol. The second-order valence-corrected chi connectivity index (χ2v) is 5.63. The first-order chi connectivity index (χ1) is 8.46. The van der Waals surface area contributed by atoms with Crippen LogP contribution in [-0.2, 0) is 14.2 Å². The predicted octanol–water partition coefficient (Wildman–Crippen LogP) is 1.32. The van der Waals surface area contributed by atoms with Gasteiger partial charge in [0.05, 0.1) is 12.2 Å². The van der Waals surface area contributed by atoms with Crippen molar-refractivity contribution in [2.75, 3.05) is 6.61 Å². The van der Waals surface area contributed by atoms with E-state index in [4.69, 9.17) is 25.7 Å². The lowest BCUT2D eigenvalue weighted by atomic mass is 9.96. The van der Waals surface area contributed by atoms with E-state index in [1.165, 1.54) is 0 Å². The Kier molecular flexibility index (Phi) is 3.98. The maximum atomic E-state index is 9.01. The summed E-state index contributed by atoms with van der Waals surface area (Å²) < 4.78 is 17.5. The molecule has 0 spiro atoms. The van der Waals surface area contributed by atoms with Gasteiger partial charge in [0.25, 0.3) is 0 Å². The van der Waals surface area contributed by atoms with E-state index < -0.39 is 5.79 Å². The van der Waals surface area contributed by atoms with Crippen molar-refractivity contribution in [3.63, 3.8) is 0 Å². The van der Waals surface area contributed by atoms with Crippen molar-refractivity contribution in [2.45, 2.75) is 63.8 Å². The molecule has 0 aromatic heterocycles. The fraction of sp³-hybridized carbons (Fsp3) is 0.857. The van der Waals surface area contributed by atoms with Gasteiger partial charge in [-0.05, 0) is 32.6 Å². The molecular weight excluding hydrogens is 232 g/mol. The van der Waals surface area contributed by atoms with Gasteiger partial charge >= 0.3 is 0 Å². The lowest BCUT2D eigenvalue weighted by Gasteiger charge is -2.21. The summed E-state index contributed by atoms with van der Waals surface area (Å²) in [4.78, 5) is 0. The summed E-state index contributed by atoms with van der Waals surface area (Å²) in [5.41, 5.74) is 0. The molecule has 0 unspecified atom stereocenters. The molecule has 102 valence electrons. The quantitative estimate of drug-likeness (QED) is 0.772. The highest BCUT2D eigenvalue weighted by Gasteiger charge is 2.48. The van der Waals surface area contributed by atoms with E-state index in [-0.39, 0.29) is 31.0 Å². The molecule has 0 bridgehead atoms. The minimum absolute atomic E-state index is 0.0422. The summed E-state index contributed by atoms with van der Waals surface area (Å²) >= 11 is 0. The lowest BCUT2D eigenvalue weighted by molar-refractivity contribution is -0.157. The van der Waals surface area contributed by atoms with Crippen LogP contribution < -0.4 is 0 Å². The van der Waals surface area contributed by atoms with Crippen molar-refractivity contribution in [1.29, 1.82) is 0 Å². The Morgan fingerprint density at radius 2 is 2.11 bits per heavy atom. The standard InChI is InChI=1S/C14H22O4/c1-5-10-13(18-14(3,4)17-10)12-8-9(2)11(16-12)6-7-15/h1,9-13,15H,6-8H2,2-4H3/t9-,10-,11+,12-,13-/m1/s1. The second-order valence-electron chi connectivity index (χ2n) is 5.63. The van der Waals surface area contributed by atoms with Crippen molar-refractivity contribution in [3.8, 4) is 12.3 Å². The maximum Gasteiger partial charge on any atom is 0.165 e. The Balaban J connectivity index is 2.02. The first-order valence-corrected chi connectivity index (χ1v) is 6.55. The summed E-state index contributed by atoms with van der Waals surface area (Å²) in [5.74, 6) is 2.39. The first-order valence-electron chi connectivity index (χ1n) is 6.55. The summed E-state index contributed by atoms with van der Waals surface area (Å²) in [6.07, 6.45) is 6.53. The minimum atomic E-state index is -0.649. The number of rotatable bonds is 3. The molecule has 0 aromatic rings. The molecule has 2 aliphatic rings. The number of terminal acetylenes is 1. The van der Waals surface area contributed by atoms with Gasteiger partial charge in [-0.3, -0.25) is 0 Å². The van der Waals surface area contributed by atoms with Gasteiger partial charge in [0.15, 0.2) is 5.79 Å². The highest BCUT2D eigenvalue weighted by atomic mass is 16.8. The van der Waals surface area contributed by atoms with Gasteiger partial charge in [-0.1, -0.05) is 12.8 Å². The molecule has 18 heavy (non-hydrogen) atoms. The highest BCUT2D eigenvalue weighted by molar-refractivity contribution is 5.06. The number of aliphatic hydroxyl groups excluding tert-OH is 1. The van der Waals surface area contributed by atoms with Crippen LogP contribution in [0.25, 0.3) is 0 Å². The molecule has 1 N–H and O–H groups in total. The maximum absolute atomic E-state index is 9.01. The van der Waals surface area contributed by atoms with Gasteiger partial charge in [0, 0.05) is 6.61 Å². The molecule has 0 amide bonds. The van der Waals surface area contributed by atoms with Gasteiger partial charge in [-0.2, -0.15) is 0 Å². The van der Waals surface area contributed by atoms with E-state index in [1.54, 1.807) is 0 Å². The topological polar surface area (TPSA) is 47.9 Å². The number of ether oxygens (including phenoxy) is 3. The van der Waals surface area contributed by atoms with Crippen LogP contribution in [0.1, 0.15) is 33.6 Å². The smallest absolute Gasteiger partial charge is 0.165 e. The second kappa shape index (κ2) is 5.18. The van der Waals surface area contributed by atoms with Gasteiger partial charge in [0.1, 0.15) is 12.2 Å². The van der Waals surface area contributed by atoms with E-state index in [1.807, 2.05) is 13.8 Å². The van der Waals surface area contributed by atoms with E-state index in [0.29, 0.717) is 12.3 Å². The number of aliphatic hydroxyl groups is 1. The van der Waals surface area contributed by atoms with Crippen LogP contribution in [0, 0.1) is 18.3 Å². The van der Waals surface area contributed by atoms with Gasteiger partial charge in [0.2, 0.25) is 0 Å². The van der Waals surface area contributed by atoms with Crippen LogP contribution in [0.3, 0.4) is 0 Å². The summed E-state index contributed by atoms with van der Waals surface area (Å²) in [6, 6.07) is 0. The predicted molar refractivity (Wildman–Crippen MR) is 66.8 cm³/mol. The largest absolute Gasteiger partial charge is 0.396 e. The third kappa shape index (κ3) is 2.70. The third-order valence-corrected chi connectivity index (χ3v) is 3.66. The fourth-order valence-electron chi connectivity index (χ4n) is 2.81. The molecule has 2 rings (SSSR count). The van der Waals surface area contributed by atoms with Crippen LogP contribution in [0.4, 0.5) is 0 Å². The Labute approximate surface area is 109 Å². The SMILES string of the molecule is C#C[C@H]1OC(C)(C)O[C@H]1[C@H]1C[C@@H](C)[C@H](CCO)O1. The average Bonchev–Trinajstić information content (AvgIpc) is 2.80. The van der Waals surface area contributed by atoms with Crippen molar-refractivity contribution < 1.29 is 19.3 Å². The molecule has 2 fully saturated rings. The van der Waals surface area contributed by atoms with E-state index >= 15 is 0 Å². The van der Waals surface area contributed by atoms with Crippen LogP contribution in [-0.4, -0.2) is 41.9 Å². The normalized spacial score (nSPS) is 42.9. The molecule has 0 saturated carbocycles. The van der Waals surface area contributed by atoms with E-state index in [0.717, 1.165) is 6.42 Å². The number of hydrogen-bond acceptors (Lipinski definition) is 4. The Hall–Kier alpha value is -0.600. The van der Waals surface area contributed by atoms with E-state index in [9.17, 15) is 0 Å².